The summed E-state index contributed by atoms with van der Waals surface area (Å²) in [6.45, 7) is 2.56. The summed E-state index contributed by atoms with van der Waals surface area (Å²) in [6.07, 6.45) is 2.26. The predicted octanol–water partition coefficient (Wildman–Crippen LogP) is 2.41. The van der Waals surface area contributed by atoms with Gasteiger partial charge in [-0.05, 0) is 37.5 Å². The van der Waals surface area contributed by atoms with Crippen LogP contribution in [-0.4, -0.2) is 16.0 Å². The van der Waals surface area contributed by atoms with Crippen molar-refractivity contribution in [1.82, 2.24) is 9.97 Å². The van der Waals surface area contributed by atoms with Crippen LogP contribution in [0.4, 0.5) is 11.6 Å². The van der Waals surface area contributed by atoms with Crippen LogP contribution in [0.3, 0.4) is 0 Å². The van der Waals surface area contributed by atoms with Crippen LogP contribution in [0.2, 0.25) is 0 Å². The van der Waals surface area contributed by atoms with E-state index in [4.69, 9.17) is 11.0 Å². The molecular weight excluding hydrogens is 262 g/mol. The van der Waals surface area contributed by atoms with Crippen molar-refractivity contribution in [3.8, 4) is 6.07 Å². The van der Waals surface area contributed by atoms with Crippen molar-refractivity contribution in [2.24, 2.45) is 0 Å². The molecule has 0 aliphatic heterocycles. The molecule has 1 heterocycles. The van der Waals surface area contributed by atoms with Gasteiger partial charge >= 0.3 is 0 Å². The van der Waals surface area contributed by atoms with Crippen molar-refractivity contribution in [3.63, 3.8) is 0 Å². The van der Waals surface area contributed by atoms with Gasteiger partial charge in [0, 0.05) is 24.0 Å². The van der Waals surface area contributed by atoms with Crippen LogP contribution < -0.4 is 10.6 Å². The van der Waals surface area contributed by atoms with Gasteiger partial charge < -0.3 is 10.6 Å². The number of nitriles is 1. The summed E-state index contributed by atoms with van der Waals surface area (Å²) in [4.78, 5) is 11.0. The van der Waals surface area contributed by atoms with Crippen LogP contribution >= 0.6 is 0 Å². The van der Waals surface area contributed by atoms with Crippen molar-refractivity contribution in [1.29, 1.82) is 5.26 Å². The molecule has 0 saturated heterocycles. The molecule has 1 aliphatic rings. The average Bonchev–Trinajstić information content (AvgIpc) is 3.30. The van der Waals surface area contributed by atoms with Crippen LogP contribution in [0.5, 0.6) is 0 Å². The van der Waals surface area contributed by atoms with Crippen LogP contribution in [0.1, 0.15) is 29.8 Å². The Morgan fingerprint density at radius 1 is 1.33 bits per heavy atom. The molecule has 0 amide bonds. The molecule has 106 valence electrons. The number of hydrogen-bond acceptors (Lipinski definition) is 5. The first-order chi connectivity index (χ1) is 10.2. The quantitative estimate of drug-likeness (QED) is 0.869. The second kappa shape index (κ2) is 5.41. The number of benzene rings is 1. The minimum Gasteiger partial charge on any atom is -0.398 e. The lowest BCUT2D eigenvalue weighted by atomic mass is 10.1. The van der Waals surface area contributed by atoms with E-state index in [1.807, 2.05) is 31.2 Å². The molecule has 1 aromatic carbocycles. The Balaban J connectivity index is 1.94. The van der Waals surface area contributed by atoms with E-state index in [9.17, 15) is 0 Å². The third-order valence-corrected chi connectivity index (χ3v) is 3.60. The van der Waals surface area contributed by atoms with Gasteiger partial charge in [0.05, 0.1) is 0 Å². The van der Waals surface area contributed by atoms with Crippen molar-refractivity contribution in [2.75, 3.05) is 10.6 Å². The molecule has 0 unspecified atom stereocenters. The molecule has 2 aromatic rings. The summed E-state index contributed by atoms with van der Waals surface area (Å²) in [5, 5.41) is 9.08. The molecule has 5 heteroatoms. The molecule has 3 rings (SSSR count). The van der Waals surface area contributed by atoms with E-state index in [1.54, 1.807) is 6.07 Å². The minimum atomic E-state index is 0.407. The molecule has 21 heavy (non-hydrogen) atoms. The van der Waals surface area contributed by atoms with E-state index in [2.05, 4.69) is 20.9 Å². The molecule has 0 atom stereocenters. The number of anilines is 2. The maximum atomic E-state index is 9.08. The standard InChI is InChI=1S/C16H17N5/c1-11-8-13(9-17)20-16(19-11)21(14-6-7-14)10-12-4-2-3-5-15(12)18/h2-5,8,14H,6-7,10,18H2,1H3. The van der Waals surface area contributed by atoms with Gasteiger partial charge in [0.2, 0.25) is 5.95 Å². The normalized spacial score (nSPS) is 13.7. The summed E-state index contributed by atoms with van der Waals surface area (Å²) in [5.74, 6) is 0.623. The van der Waals surface area contributed by atoms with Crippen molar-refractivity contribution < 1.29 is 0 Å². The van der Waals surface area contributed by atoms with Gasteiger partial charge in [-0.1, -0.05) is 18.2 Å². The lowest BCUT2D eigenvalue weighted by molar-refractivity contribution is 0.755. The fourth-order valence-electron chi connectivity index (χ4n) is 2.35. The zero-order valence-electron chi connectivity index (χ0n) is 12.0. The first kappa shape index (κ1) is 13.4. The van der Waals surface area contributed by atoms with Crippen molar-refractivity contribution in [3.05, 3.63) is 47.3 Å². The van der Waals surface area contributed by atoms with Crippen LogP contribution in [0, 0.1) is 18.3 Å². The van der Waals surface area contributed by atoms with Crippen molar-refractivity contribution in [2.45, 2.75) is 32.4 Å². The number of rotatable bonds is 4. The van der Waals surface area contributed by atoms with Gasteiger partial charge in [0.1, 0.15) is 11.8 Å². The second-order valence-corrected chi connectivity index (χ2v) is 5.36. The molecule has 1 fully saturated rings. The van der Waals surface area contributed by atoms with E-state index in [0.29, 0.717) is 24.2 Å². The molecule has 0 spiro atoms. The Hall–Kier alpha value is -2.61. The molecule has 1 saturated carbocycles. The highest BCUT2D eigenvalue weighted by Crippen LogP contribution is 2.32. The minimum absolute atomic E-state index is 0.407. The Bertz CT molecular complexity index is 700. The summed E-state index contributed by atoms with van der Waals surface area (Å²) in [6, 6.07) is 12.1. The lowest BCUT2D eigenvalue weighted by Crippen LogP contribution is -2.28. The van der Waals surface area contributed by atoms with Crippen LogP contribution in [0.15, 0.2) is 30.3 Å². The summed E-state index contributed by atoms with van der Waals surface area (Å²) in [7, 11) is 0. The molecule has 0 radical (unpaired) electrons. The summed E-state index contributed by atoms with van der Waals surface area (Å²) < 4.78 is 0. The number of hydrogen-bond donors (Lipinski definition) is 1. The van der Waals surface area contributed by atoms with E-state index >= 15 is 0 Å². The Labute approximate surface area is 124 Å². The van der Waals surface area contributed by atoms with Crippen LogP contribution in [0.25, 0.3) is 0 Å². The molecule has 5 nitrogen and oxygen atoms in total. The zero-order valence-corrected chi connectivity index (χ0v) is 12.0. The third kappa shape index (κ3) is 2.95. The molecule has 1 aliphatic carbocycles. The maximum absolute atomic E-state index is 9.08. The number of aromatic nitrogens is 2. The first-order valence-corrected chi connectivity index (χ1v) is 7.03. The number of nitrogens with zero attached hydrogens (tertiary/aromatic N) is 4. The fraction of sp³-hybridized carbons (Fsp3) is 0.312. The van der Waals surface area contributed by atoms with E-state index in [0.717, 1.165) is 29.8 Å². The van der Waals surface area contributed by atoms with Gasteiger partial charge in [-0.3, -0.25) is 0 Å². The highest BCUT2D eigenvalue weighted by Gasteiger charge is 2.31. The maximum Gasteiger partial charge on any atom is 0.227 e. The number of aryl methyl sites for hydroxylation is 1. The number of nitrogens with two attached hydrogens (primary N) is 1. The molecule has 2 N–H and O–H groups in total. The van der Waals surface area contributed by atoms with E-state index < -0.39 is 0 Å². The third-order valence-electron chi connectivity index (χ3n) is 3.60. The van der Waals surface area contributed by atoms with Crippen molar-refractivity contribution >= 4 is 11.6 Å². The Morgan fingerprint density at radius 3 is 2.76 bits per heavy atom. The smallest absolute Gasteiger partial charge is 0.227 e. The lowest BCUT2D eigenvalue weighted by Gasteiger charge is -2.23. The highest BCUT2D eigenvalue weighted by molar-refractivity contribution is 5.49. The molecular formula is C16H17N5. The van der Waals surface area contributed by atoms with Gasteiger partial charge in [0.15, 0.2) is 0 Å². The molecule has 1 aromatic heterocycles. The monoisotopic (exact) mass is 279 g/mol. The Kier molecular flexibility index (Phi) is 3.44. The van der Waals surface area contributed by atoms with Gasteiger partial charge in [-0.15, -0.1) is 0 Å². The highest BCUT2D eigenvalue weighted by atomic mass is 15.3. The van der Waals surface area contributed by atoms with E-state index in [1.165, 1.54) is 0 Å². The van der Waals surface area contributed by atoms with Gasteiger partial charge in [0.25, 0.3) is 0 Å². The number of nitrogen functional groups attached to an aromatic ring is 1. The molecule has 0 bridgehead atoms. The van der Waals surface area contributed by atoms with E-state index in [-0.39, 0.29) is 0 Å². The SMILES string of the molecule is Cc1cc(C#N)nc(N(Cc2ccccc2N)C2CC2)n1. The second-order valence-electron chi connectivity index (χ2n) is 5.36. The zero-order chi connectivity index (χ0) is 14.8. The summed E-state index contributed by atoms with van der Waals surface area (Å²) in [5.41, 5.74) is 9.09. The van der Waals surface area contributed by atoms with Gasteiger partial charge in [-0.25, -0.2) is 9.97 Å². The number of para-hydroxylation sites is 1. The average molecular weight is 279 g/mol. The van der Waals surface area contributed by atoms with Crippen LogP contribution in [-0.2, 0) is 6.54 Å². The largest absolute Gasteiger partial charge is 0.398 e. The topological polar surface area (TPSA) is 78.8 Å². The van der Waals surface area contributed by atoms with Gasteiger partial charge in [-0.2, -0.15) is 5.26 Å². The summed E-state index contributed by atoms with van der Waals surface area (Å²) >= 11 is 0. The fourth-order valence-corrected chi connectivity index (χ4v) is 2.35. The first-order valence-electron chi connectivity index (χ1n) is 7.03. The Morgan fingerprint density at radius 2 is 2.10 bits per heavy atom. The predicted molar refractivity (Wildman–Crippen MR) is 81.5 cm³/mol.